The number of carbonyl (C=O) groups is 2. The average molecular weight is 535 g/mol. The summed E-state index contributed by atoms with van der Waals surface area (Å²) in [4.78, 5) is 26.3. The number of hydrogen-bond acceptors (Lipinski definition) is 5. The molecule has 1 heterocycles. The topological polar surface area (TPSA) is 79.5 Å². The van der Waals surface area contributed by atoms with Crippen molar-refractivity contribution in [1.82, 2.24) is 10.6 Å². The van der Waals surface area contributed by atoms with Crippen LogP contribution < -0.4 is 16.0 Å². The van der Waals surface area contributed by atoms with E-state index < -0.39 is 21.8 Å². The Morgan fingerprint density at radius 3 is 2.50 bits per heavy atom. The molecular formula is C21H22Cl3N3O3S2. The summed E-state index contributed by atoms with van der Waals surface area (Å²) in [5.41, 5.74) is 1.90. The Balaban J connectivity index is 1.77. The van der Waals surface area contributed by atoms with Gasteiger partial charge in [0.05, 0.1) is 12.2 Å². The Bertz CT molecular complexity index is 993. The van der Waals surface area contributed by atoms with Gasteiger partial charge in [-0.2, -0.15) is 0 Å². The number of thiophene rings is 1. The normalized spacial score (nSPS) is 14.1. The van der Waals surface area contributed by atoms with E-state index in [-0.39, 0.29) is 11.7 Å². The number of thiocarbonyl (C=S) groups is 1. The van der Waals surface area contributed by atoms with Gasteiger partial charge in [-0.3, -0.25) is 4.79 Å². The van der Waals surface area contributed by atoms with E-state index in [9.17, 15) is 9.59 Å². The van der Waals surface area contributed by atoms with Crippen LogP contribution in [0.25, 0.3) is 0 Å². The number of esters is 1. The highest BCUT2D eigenvalue weighted by Crippen LogP contribution is 2.38. The molecule has 1 aromatic heterocycles. The van der Waals surface area contributed by atoms with Crippen LogP contribution in [0.4, 0.5) is 5.00 Å². The molecular weight excluding hydrogens is 513 g/mol. The number of ether oxygens (including phenoxy) is 1. The predicted octanol–water partition coefficient (Wildman–Crippen LogP) is 5.22. The summed E-state index contributed by atoms with van der Waals surface area (Å²) in [6, 6.07) is 8.54. The van der Waals surface area contributed by atoms with Crippen LogP contribution >= 0.6 is 58.4 Å². The standard InChI is InChI=1S/C21H22Cl3N3O3S2/c1-2-30-18(29)15-13-10-6-7-11-14(13)32-17(15)26-20(31)27-19(21(22,23)24)25-16(28)12-8-4-3-5-9-12/h3-5,8-9,19H,2,6-7,10-11H2,1H3,(H,25,28)(H2,26,27,31). The molecule has 0 bridgehead atoms. The zero-order valence-corrected chi connectivity index (χ0v) is 21.1. The van der Waals surface area contributed by atoms with Gasteiger partial charge in [-0.15, -0.1) is 11.3 Å². The van der Waals surface area contributed by atoms with Gasteiger partial charge >= 0.3 is 5.97 Å². The summed E-state index contributed by atoms with van der Waals surface area (Å²) in [5, 5.41) is 9.17. The first-order valence-corrected chi connectivity index (χ1v) is 12.4. The minimum atomic E-state index is -1.89. The van der Waals surface area contributed by atoms with Crippen molar-refractivity contribution < 1.29 is 14.3 Å². The third kappa shape index (κ3) is 6.26. The second-order valence-electron chi connectivity index (χ2n) is 7.05. The summed E-state index contributed by atoms with van der Waals surface area (Å²) in [6.45, 7) is 2.03. The van der Waals surface area contributed by atoms with Crippen LogP contribution in [0.5, 0.6) is 0 Å². The third-order valence-electron chi connectivity index (χ3n) is 4.79. The van der Waals surface area contributed by atoms with Gasteiger partial charge in [0.15, 0.2) is 5.11 Å². The molecule has 0 radical (unpaired) electrons. The zero-order chi connectivity index (χ0) is 23.3. The highest BCUT2D eigenvalue weighted by atomic mass is 35.6. The van der Waals surface area contributed by atoms with Crippen LogP contribution in [0.2, 0.25) is 0 Å². The van der Waals surface area contributed by atoms with Crippen molar-refractivity contribution in [3.8, 4) is 0 Å². The Kier molecular flexibility index (Phi) is 8.63. The van der Waals surface area contributed by atoms with Gasteiger partial charge < -0.3 is 20.7 Å². The van der Waals surface area contributed by atoms with E-state index in [1.165, 1.54) is 11.3 Å². The predicted molar refractivity (Wildman–Crippen MR) is 134 cm³/mol. The Labute approximate surface area is 210 Å². The van der Waals surface area contributed by atoms with Crippen molar-refractivity contribution in [1.29, 1.82) is 0 Å². The molecule has 2 aromatic rings. The van der Waals surface area contributed by atoms with Gasteiger partial charge in [-0.05, 0) is 62.5 Å². The van der Waals surface area contributed by atoms with Gasteiger partial charge in [0.1, 0.15) is 11.2 Å². The van der Waals surface area contributed by atoms with Gasteiger partial charge in [0.2, 0.25) is 3.79 Å². The van der Waals surface area contributed by atoms with Crippen LogP contribution in [0.15, 0.2) is 30.3 Å². The highest BCUT2D eigenvalue weighted by Gasteiger charge is 2.35. The number of fused-ring (bicyclic) bond motifs is 1. The van der Waals surface area contributed by atoms with E-state index in [1.54, 1.807) is 37.3 Å². The minimum Gasteiger partial charge on any atom is -0.462 e. The Morgan fingerprint density at radius 2 is 1.84 bits per heavy atom. The largest absolute Gasteiger partial charge is 0.462 e. The van der Waals surface area contributed by atoms with Crippen LogP contribution in [0.1, 0.15) is 50.9 Å². The quantitative estimate of drug-likeness (QED) is 0.204. The van der Waals surface area contributed by atoms with E-state index in [0.29, 0.717) is 16.1 Å². The molecule has 172 valence electrons. The summed E-state index contributed by atoms with van der Waals surface area (Å²) < 4.78 is 3.36. The minimum absolute atomic E-state index is 0.0961. The lowest BCUT2D eigenvalue weighted by atomic mass is 9.95. The average Bonchev–Trinajstić information content (AvgIpc) is 3.11. The second kappa shape index (κ2) is 11.0. The second-order valence-corrected chi connectivity index (χ2v) is 10.9. The molecule has 3 rings (SSSR count). The number of benzene rings is 1. The summed E-state index contributed by atoms with van der Waals surface area (Å²) >= 11 is 25.1. The van der Waals surface area contributed by atoms with Crippen LogP contribution in [-0.4, -0.2) is 33.6 Å². The van der Waals surface area contributed by atoms with Crippen molar-refractivity contribution in [2.75, 3.05) is 11.9 Å². The first kappa shape index (κ1) is 25.1. The number of halogens is 3. The molecule has 1 unspecified atom stereocenters. The smallest absolute Gasteiger partial charge is 0.341 e. The lowest BCUT2D eigenvalue weighted by molar-refractivity contribution is 0.0526. The van der Waals surface area contributed by atoms with E-state index in [4.69, 9.17) is 51.8 Å². The fourth-order valence-corrected chi connectivity index (χ4v) is 5.24. The molecule has 32 heavy (non-hydrogen) atoms. The van der Waals surface area contributed by atoms with Crippen LogP contribution in [-0.2, 0) is 17.6 Å². The lowest BCUT2D eigenvalue weighted by Gasteiger charge is -2.27. The number of nitrogens with one attached hydrogen (secondary N) is 3. The molecule has 0 spiro atoms. The molecule has 1 aliphatic rings. The Hall–Kier alpha value is -1.58. The van der Waals surface area contributed by atoms with Gasteiger partial charge in [0, 0.05) is 10.4 Å². The third-order valence-corrected chi connectivity index (χ3v) is 6.87. The molecule has 0 saturated carbocycles. The maximum atomic E-state index is 12.6. The first-order valence-electron chi connectivity index (χ1n) is 10.0. The number of hydrogen-bond donors (Lipinski definition) is 3. The van der Waals surface area contributed by atoms with Crippen LogP contribution in [0.3, 0.4) is 0 Å². The molecule has 3 N–H and O–H groups in total. The summed E-state index contributed by atoms with van der Waals surface area (Å²) in [7, 11) is 0. The maximum Gasteiger partial charge on any atom is 0.341 e. The number of aryl methyl sites for hydroxylation is 1. The Morgan fingerprint density at radius 1 is 1.16 bits per heavy atom. The van der Waals surface area contributed by atoms with E-state index in [0.717, 1.165) is 36.1 Å². The zero-order valence-electron chi connectivity index (χ0n) is 17.2. The fourth-order valence-electron chi connectivity index (χ4n) is 3.35. The molecule has 1 amide bonds. The van der Waals surface area contributed by atoms with Gasteiger partial charge in [0.25, 0.3) is 5.91 Å². The molecule has 0 aliphatic heterocycles. The van der Waals surface area contributed by atoms with Crippen molar-refractivity contribution in [3.05, 3.63) is 51.9 Å². The summed E-state index contributed by atoms with van der Waals surface area (Å²) in [5.74, 6) is -0.830. The van der Waals surface area contributed by atoms with Crippen LogP contribution in [0, 0.1) is 0 Å². The molecule has 1 atom stereocenters. The molecule has 6 nitrogen and oxygen atoms in total. The summed E-state index contributed by atoms with van der Waals surface area (Å²) in [6.07, 6.45) is 2.67. The molecule has 11 heteroatoms. The lowest BCUT2D eigenvalue weighted by Crippen LogP contribution is -2.56. The number of alkyl halides is 3. The van der Waals surface area contributed by atoms with E-state index >= 15 is 0 Å². The van der Waals surface area contributed by atoms with Gasteiger partial charge in [-0.25, -0.2) is 4.79 Å². The van der Waals surface area contributed by atoms with Crippen molar-refractivity contribution in [3.63, 3.8) is 0 Å². The van der Waals surface area contributed by atoms with Crippen molar-refractivity contribution in [2.24, 2.45) is 0 Å². The molecule has 1 aromatic carbocycles. The number of amides is 1. The number of rotatable bonds is 6. The maximum absolute atomic E-state index is 12.6. The molecule has 0 fully saturated rings. The fraction of sp³-hybridized carbons (Fsp3) is 0.381. The van der Waals surface area contributed by atoms with Gasteiger partial charge in [-0.1, -0.05) is 53.0 Å². The molecule has 0 saturated heterocycles. The SMILES string of the molecule is CCOC(=O)c1c(NC(=S)NC(NC(=O)c2ccccc2)C(Cl)(Cl)Cl)sc2c1CCCC2. The van der Waals surface area contributed by atoms with E-state index in [2.05, 4.69) is 16.0 Å². The number of carbonyl (C=O) groups excluding carboxylic acids is 2. The van der Waals surface area contributed by atoms with Crippen molar-refractivity contribution >= 4 is 80.3 Å². The highest BCUT2D eigenvalue weighted by molar-refractivity contribution is 7.80. The van der Waals surface area contributed by atoms with Crippen molar-refractivity contribution in [2.45, 2.75) is 42.6 Å². The first-order chi connectivity index (χ1) is 15.2. The monoisotopic (exact) mass is 533 g/mol. The van der Waals surface area contributed by atoms with E-state index in [1.807, 2.05) is 0 Å². The number of anilines is 1. The molecule has 1 aliphatic carbocycles.